The highest BCUT2D eigenvalue weighted by molar-refractivity contribution is 7.91. The Bertz CT molecular complexity index is 1450. The number of hydrogen-bond donors (Lipinski definition) is 1. The molecule has 1 N–H and O–H groups in total. The van der Waals surface area contributed by atoms with Crippen LogP contribution in [0.5, 0.6) is 11.5 Å². The van der Waals surface area contributed by atoms with Gasteiger partial charge in [0.05, 0.1) is 44.2 Å². The number of benzene rings is 2. The van der Waals surface area contributed by atoms with Gasteiger partial charge >= 0.3 is 16.2 Å². The molecule has 2 heterocycles. The van der Waals surface area contributed by atoms with Crippen LogP contribution in [0.25, 0.3) is 10.9 Å². The molecule has 0 aliphatic heterocycles. The molecule has 10 nitrogen and oxygen atoms in total. The van der Waals surface area contributed by atoms with E-state index >= 15 is 0 Å². The van der Waals surface area contributed by atoms with Crippen LogP contribution < -0.4 is 13.8 Å². The molecule has 13 heteroatoms. The lowest BCUT2D eigenvalue weighted by Crippen LogP contribution is -2.36. The van der Waals surface area contributed by atoms with E-state index in [0.717, 1.165) is 19.7 Å². The number of halogens is 1. The van der Waals surface area contributed by atoms with Crippen LogP contribution in [-0.2, 0) is 16.8 Å². The summed E-state index contributed by atoms with van der Waals surface area (Å²) in [5.41, 5.74) is 0.592. The highest BCUT2D eigenvalue weighted by Crippen LogP contribution is 2.34. The summed E-state index contributed by atoms with van der Waals surface area (Å²) in [6.07, 6.45) is 2.55. The predicted molar refractivity (Wildman–Crippen MR) is 124 cm³/mol. The summed E-state index contributed by atoms with van der Waals surface area (Å²) in [6, 6.07) is 9.31. The van der Waals surface area contributed by atoms with Gasteiger partial charge in [-0.15, -0.1) is 4.09 Å². The van der Waals surface area contributed by atoms with Crippen molar-refractivity contribution in [2.24, 2.45) is 0 Å². The Hall–Kier alpha value is -3.35. The molecular weight excluding hydrogens is 492 g/mol. The van der Waals surface area contributed by atoms with Gasteiger partial charge in [0, 0.05) is 17.0 Å². The largest absolute Gasteiger partial charge is 0.497 e. The normalized spacial score (nSPS) is 11.5. The van der Waals surface area contributed by atoms with Gasteiger partial charge in [-0.05, 0) is 24.3 Å². The molecule has 2 aromatic heterocycles. The van der Waals surface area contributed by atoms with Crippen molar-refractivity contribution in [3.05, 3.63) is 64.3 Å². The number of aromatic carboxylic acids is 1. The maximum absolute atomic E-state index is 13.8. The SMILES string of the molecule is COc1ccc(CN(c2ncc(Cl)s2)S(=O)(=O)n2ncc3c(C(=O)O)cccc32)c(OC)c1. The van der Waals surface area contributed by atoms with Gasteiger partial charge in [-0.1, -0.05) is 29.0 Å². The molecule has 0 saturated carbocycles. The van der Waals surface area contributed by atoms with Gasteiger partial charge in [-0.2, -0.15) is 13.5 Å². The molecule has 0 amide bonds. The number of fused-ring (bicyclic) bond motifs is 1. The van der Waals surface area contributed by atoms with E-state index in [1.165, 1.54) is 44.8 Å². The molecule has 0 fully saturated rings. The molecule has 33 heavy (non-hydrogen) atoms. The monoisotopic (exact) mass is 508 g/mol. The summed E-state index contributed by atoms with van der Waals surface area (Å²) in [6.45, 7) is -0.153. The van der Waals surface area contributed by atoms with Crippen LogP contribution in [0.4, 0.5) is 5.13 Å². The summed E-state index contributed by atoms with van der Waals surface area (Å²) in [4.78, 5) is 15.7. The van der Waals surface area contributed by atoms with Crippen LogP contribution >= 0.6 is 22.9 Å². The average molecular weight is 509 g/mol. The number of carboxylic acids is 1. The minimum Gasteiger partial charge on any atom is -0.497 e. The summed E-state index contributed by atoms with van der Waals surface area (Å²) in [7, 11) is -1.38. The van der Waals surface area contributed by atoms with Crippen molar-refractivity contribution in [3.8, 4) is 11.5 Å². The van der Waals surface area contributed by atoms with E-state index in [9.17, 15) is 18.3 Å². The van der Waals surface area contributed by atoms with E-state index in [0.29, 0.717) is 21.4 Å². The van der Waals surface area contributed by atoms with E-state index < -0.39 is 16.2 Å². The van der Waals surface area contributed by atoms with Crippen LogP contribution in [0.1, 0.15) is 15.9 Å². The van der Waals surface area contributed by atoms with E-state index in [1.54, 1.807) is 18.2 Å². The molecule has 0 spiro atoms. The number of rotatable bonds is 8. The van der Waals surface area contributed by atoms with Crippen LogP contribution in [0.15, 0.2) is 48.8 Å². The van der Waals surface area contributed by atoms with Crippen LogP contribution in [0.3, 0.4) is 0 Å². The van der Waals surface area contributed by atoms with Gasteiger partial charge in [0.15, 0.2) is 0 Å². The zero-order chi connectivity index (χ0) is 23.8. The Kier molecular flexibility index (Phi) is 6.15. The van der Waals surface area contributed by atoms with Gasteiger partial charge < -0.3 is 14.6 Å². The maximum Gasteiger partial charge on any atom is 0.348 e. The van der Waals surface area contributed by atoms with Crippen molar-refractivity contribution in [1.82, 2.24) is 14.2 Å². The van der Waals surface area contributed by atoms with Crippen LogP contribution in [0, 0.1) is 0 Å². The molecular formula is C20H17ClN4O6S2. The van der Waals surface area contributed by atoms with E-state index in [2.05, 4.69) is 10.1 Å². The fourth-order valence-corrected chi connectivity index (χ4v) is 5.75. The predicted octanol–water partition coefficient (Wildman–Crippen LogP) is 3.66. The highest BCUT2D eigenvalue weighted by atomic mass is 35.5. The summed E-state index contributed by atoms with van der Waals surface area (Å²) < 4.78 is 40.3. The first-order chi connectivity index (χ1) is 15.8. The third-order valence-corrected chi connectivity index (χ3v) is 7.64. The minimum absolute atomic E-state index is 0.0605. The Morgan fingerprint density at radius 3 is 2.64 bits per heavy atom. The van der Waals surface area contributed by atoms with E-state index in [-0.39, 0.29) is 28.1 Å². The number of methoxy groups -OCH3 is 2. The van der Waals surface area contributed by atoms with Gasteiger partial charge in [0.25, 0.3) is 0 Å². The first-order valence-electron chi connectivity index (χ1n) is 9.31. The lowest BCUT2D eigenvalue weighted by atomic mass is 10.1. The second-order valence-electron chi connectivity index (χ2n) is 6.67. The molecule has 0 bridgehead atoms. The Labute approximate surface area is 197 Å². The molecule has 0 aliphatic rings. The van der Waals surface area contributed by atoms with Crippen molar-refractivity contribution in [3.63, 3.8) is 0 Å². The first-order valence-corrected chi connectivity index (χ1v) is 11.9. The molecule has 0 aliphatic carbocycles. The number of hydrogen-bond acceptors (Lipinski definition) is 8. The maximum atomic E-state index is 13.8. The van der Waals surface area contributed by atoms with Gasteiger partial charge in [0.1, 0.15) is 15.8 Å². The number of aromatic nitrogens is 3. The number of nitrogens with zero attached hydrogens (tertiary/aromatic N) is 4. The lowest BCUT2D eigenvalue weighted by Gasteiger charge is -2.23. The number of anilines is 1. The smallest absolute Gasteiger partial charge is 0.348 e. The van der Waals surface area contributed by atoms with Gasteiger partial charge in [0.2, 0.25) is 5.13 Å². The van der Waals surface area contributed by atoms with Crippen molar-refractivity contribution in [2.75, 3.05) is 18.5 Å². The standard InChI is InChI=1S/C20H17ClN4O6S2/c1-30-13-7-6-12(17(8-13)31-2)11-24(20-22-10-18(21)32-20)33(28,29)25-16-5-3-4-14(19(26)27)15(16)9-23-25/h3-10H,11H2,1-2H3,(H,26,27). The van der Waals surface area contributed by atoms with Gasteiger partial charge in [-0.25, -0.2) is 14.1 Å². The summed E-state index contributed by atoms with van der Waals surface area (Å²) in [5.74, 6) is -0.235. The van der Waals surface area contributed by atoms with E-state index in [1.807, 2.05) is 0 Å². The number of carboxylic acid groups (broad SMARTS) is 1. The minimum atomic E-state index is -4.36. The highest BCUT2D eigenvalue weighted by Gasteiger charge is 2.31. The van der Waals surface area contributed by atoms with Crippen LogP contribution in [0.2, 0.25) is 4.34 Å². The van der Waals surface area contributed by atoms with Crippen molar-refractivity contribution in [1.29, 1.82) is 0 Å². The fourth-order valence-electron chi connectivity index (χ4n) is 3.24. The van der Waals surface area contributed by atoms with Crippen molar-refractivity contribution in [2.45, 2.75) is 6.54 Å². The average Bonchev–Trinajstić information content (AvgIpc) is 3.43. The number of carbonyl (C=O) groups is 1. The molecule has 172 valence electrons. The molecule has 2 aromatic carbocycles. The van der Waals surface area contributed by atoms with Gasteiger partial charge in [-0.3, -0.25) is 0 Å². The van der Waals surface area contributed by atoms with Crippen LogP contribution in [-0.4, -0.2) is 47.9 Å². The second-order valence-corrected chi connectivity index (χ2v) is 9.99. The summed E-state index contributed by atoms with van der Waals surface area (Å²) >= 11 is 7.01. The third-order valence-electron chi connectivity index (χ3n) is 4.80. The van der Waals surface area contributed by atoms with E-state index in [4.69, 9.17) is 21.1 Å². The molecule has 0 saturated heterocycles. The number of ether oxygens (including phenoxy) is 2. The quantitative estimate of drug-likeness (QED) is 0.382. The zero-order valence-corrected chi connectivity index (χ0v) is 19.7. The molecule has 4 aromatic rings. The Morgan fingerprint density at radius 2 is 2.00 bits per heavy atom. The molecule has 0 unspecified atom stereocenters. The number of thiazole rings is 1. The molecule has 0 radical (unpaired) electrons. The Morgan fingerprint density at radius 1 is 1.21 bits per heavy atom. The third kappa shape index (κ3) is 4.19. The molecule has 0 atom stereocenters. The fraction of sp³-hybridized carbons (Fsp3) is 0.150. The summed E-state index contributed by atoms with van der Waals surface area (Å²) in [5, 5.41) is 13.7. The first kappa shape index (κ1) is 22.8. The Balaban J connectivity index is 1.86. The zero-order valence-electron chi connectivity index (χ0n) is 17.3. The lowest BCUT2D eigenvalue weighted by molar-refractivity contribution is 0.0699. The van der Waals surface area contributed by atoms with Crippen molar-refractivity contribution < 1.29 is 27.8 Å². The van der Waals surface area contributed by atoms with Crippen molar-refractivity contribution >= 4 is 55.2 Å². The topological polar surface area (TPSA) is 124 Å². The second kappa shape index (κ2) is 8.89. The molecule has 4 rings (SSSR count).